The number of urea groups is 1. The summed E-state index contributed by atoms with van der Waals surface area (Å²) in [6, 6.07) is 3.85. The highest BCUT2D eigenvalue weighted by Crippen LogP contribution is 2.32. The van der Waals surface area contributed by atoms with E-state index in [0.717, 1.165) is 23.9 Å². The van der Waals surface area contributed by atoms with Gasteiger partial charge in [0.1, 0.15) is 0 Å². The van der Waals surface area contributed by atoms with Crippen LogP contribution in [0.5, 0.6) is 0 Å². The lowest BCUT2D eigenvalue weighted by molar-refractivity contribution is -0.139. The Morgan fingerprint density at radius 1 is 1.36 bits per heavy atom. The molecule has 0 spiro atoms. The number of hydrogen-bond acceptors (Lipinski definition) is 4. The number of ether oxygens (including phenoxy) is 1. The fraction of sp³-hybridized carbons (Fsp3) is 0.375. The van der Waals surface area contributed by atoms with Gasteiger partial charge in [-0.3, -0.25) is 0 Å². The number of benzene rings is 1. The fourth-order valence-electron chi connectivity index (χ4n) is 2.31. The Morgan fingerprint density at radius 3 is 2.72 bits per heavy atom. The molecule has 1 aromatic carbocycles. The van der Waals surface area contributed by atoms with Crippen LogP contribution in [0.3, 0.4) is 0 Å². The van der Waals surface area contributed by atoms with Gasteiger partial charge in [-0.2, -0.15) is 13.2 Å². The Balaban J connectivity index is 2.22. The van der Waals surface area contributed by atoms with Crippen molar-refractivity contribution >= 4 is 23.8 Å². The molecule has 0 unspecified atom stereocenters. The van der Waals surface area contributed by atoms with E-state index in [1.807, 2.05) is 0 Å². The number of alkyl halides is 3. The van der Waals surface area contributed by atoms with Gasteiger partial charge >= 0.3 is 18.2 Å². The number of carbonyl (C=O) groups excluding carboxylic acids is 2. The lowest BCUT2D eigenvalue weighted by atomic mass is 10.1. The second-order valence-electron chi connectivity index (χ2n) is 5.25. The van der Waals surface area contributed by atoms with Crippen molar-refractivity contribution in [2.45, 2.75) is 31.0 Å². The molecule has 0 saturated carbocycles. The zero-order valence-corrected chi connectivity index (χ0v) is 14.4. The molecule has 1 aromatic rings. The number of esters is 1. The van der Waals surface area contributed by atoms with Gasteiger partial charge in [0.2, 0.25) is 0 Å². The van der Waals surface area contributed by atoms with Gasteiger partial charge in [-0.15, -0.1) is 11.8 Å². The minimum Gasteiger partial charge on any atom is -0.463 e. The monoisotopic (exact) mass is 374 g/mol. The first kappa shape index (κ1) is 19.2. The quantitative estimate of drug-likeness (QED) is 0.613. The molecule has 0 saturated heterocycles. The van der Waals surface area contributed by atoms with E-state index in [4.69, 9.17) is 4.74 Å². The van der Waals surface area contributed by atoms with Crippen molar-refractivity contribution in [3.05, 3.63) is 41.1 Å². The van der Waals surface area contributed by atoms with Crippen LogP contribution < -0.4 is 10.6 Å². The molecule has 1 atom stereocenters. The van der Waals surface area contributed by atoms with E-state index in [-0.39, 0.29) is 17.9 Å². The zero-order chi connectivity index (χ0) is 18.6. The van der Waals surface area contributed by atoms with Gasteiger partial charge in [0.15, 0.2) is 0 Å². The third kappa shape index (κ3) is 4.91. The van der Waals surface area contributed by atoms with Crippen molar-refractivity contribution in [2.75, 3.05) is 12.4 Å². The first-order valence-corrected chi connectivity index (χ1v) is 8.48. The summed E-state index contributed by atoms with van der Waals surface area (Å²) in [7, 11) is 0. The second-order valence-corrected chi connectivity index (χ2v) is 6.30. The molecule has 1 aliphatic rings. The van der Waals surface area contributed by atoms with Crippen molar-refractivity contribution in [2.24, 2.45) is 0 Å². The van der Waals surface area contributed by atoms with Crippen molar-refractivity contribution in [3.63, 3.8) is 0 Å². The molecule has 0 radical (unpaired) electrons. The lowest BCUT2D eigenvalue weighted by Crippen LogP contribution is -2.49. The van der Waals surface area contributed by atoms with Gasteiger partial charge in [0.05, 0.1) is 23.8 Å². The van der Waals surface area contributed by atoms with Crippen LogP contribution in [0.2, 0.25) is 0 Å². The topological polar surface area (TPSA) is 67.4 Å². The summed E-state index contributed by atoms with van der Waals surface area (Å²) in [6.45, 7) is 3.48. The average Bonchev–Trinajstić information content (AvgIpc) is 2.52. The molecule has 0 aromatic heterocycles. The molecule has 1 aliphatic heterocycles. The first-order chi connectivity index (χ1) is 11.7. The molecule has 136 valence electrons. The Labute approximate surface area is 147 Å². The Kier molecular flexibility index (Phi) is 5.99. The van der Waals surface area contributed by atoms with Crippen molar-refractivity contribution < 1.29 is 27.5 Å². The van der Waals surface area contributed by atoms with E-state index in [1.54, 1.807) is 13.8 Å². The molecule has 25 heavy (non-hydrogen) atoms. The minimum atomic E-state index is -4.43. The van der Waals surface area contributed by atoms with Crippen LogP contribution in [0.4, 0.5) is 18.0 Å². The van der Waals surface area contributed by atoms with Crippen LogP contribution in [0, 0.1) is 0 Å². The number of hydrogen-bond donors (Lipinski definition) is 2. The Bertz CT molecular complexity index is 704. The molecule has 9 heteroatoms. The van der Waals surface area contributed by atoms with E-state index in [2.05, 4.69) is 10.6 Å². The van der Waals surface area contributed by atoms with Gasteiger partial charge in [0.25, 0.3) is 0 Å². The third-order valence-corrected chi connectivity index (χ3v) is 4.43. The molecular weight excluding hydrogens is 357 g/mol. The average molecular weight is 374 g/mol. The molecule has 2 amide bonds. The Hall–Kier alpha value is -2.16. The van der Waals surface area contributed by atoms with E-state index in [0.29, 0.717) is 10.6 Å². The summed E-state index contributed by atoms with van der Waals surface area (Å²) >= 11 is 1.09. The van der Waals surface area contributed by atoms with E-state index >= 15 is 0 Å². The molecule has 0 fully saturated rings. The van der Waals surface area contributed by atoms with Crippen LogP contribution in [0.15, 0.2) is 40.4 Å². The van der Waals surface area contributed by atoms with Gasteiger partial charge in [-0.05, 0) is 32.0 Å². The third-order valence-electron chi connectivity index (χ3n) is 3.41. The molecular formula is C16H17F3N2O3S. The summed E-state index contributed by atoms with van der Waals surface area (Å²) in [5.41, 5.74) is -0.155. The normalized spacial score (nSPS) is 17.8. The molecule has 2 N–H and O–H groups in total. The van der Waals surface area contributed by atoms with Crippen LogP contribution in [0.25, 0.3) is 0 Å². The lowest BCUT2D eigenvalue weighted by Gasteiger charge is -2.26. The van der Waals surface area contributed by atoms with Gasteiger partial charge in [0, 0.05) is 16.3 Å². The Morgan fingerprint density at radius 2 is 2.08 bits per heavy atom. The number of rotatable bonds is 5. The molecule has 5 nitrogen and oxygen atoms in total. The molecule has 2 rings (SSSR count). The van der Waals surface area contributed by atoms with Crippen LogP contribution in [0.1, 0.15) is 19.4 Å². The number of thioether (sulfide) groups is 1. The van der Waals surface area contributed by atoms with Gasteiger partial charge in [-0.25, -0.2) is 9.59 Å². The SMILES string of the molecule is CCOC(=O)C1=C(CSc2cccc(C(F)(F)F)c2)NC(=O)N[C@H]1C. The summed E-state index contributed by atoms with van der Waals surface area (Å²) in [6.07, 6.45) is -4.43. The molecule has 1 heterocycles. The minimum absolute atomic E-state index is 0.132. The van der Waals surface area contributed by atoms with E-state index < -0.39 is 29.8 Å². The number of nitrogens with one attached hydrogen (secondary N) is 2. The largest absolute Gasteiger partial charge is 0.463 e. The van der Waals surface area contributed by atoms with Crippen LogP contribution in [-0.2, 0) is 15.7 Å². The highest BCUT2D eigenvalue weighted by molar-refractivity contribution is 7.99. The van der Waals surface area contributed by atoms with Crippen molar-refractivity contribution in [3.8, 4) is 0 Å². The van der Waals surface area contributed by atoms with Crippen molar-refractivity contribution in [1.29, 1.82) is 0 Å². The highest BCUT2D eigenvalue weighted by atomic mass is 32.2. The maximum atomic E-state index is 12.8. The summed E-state index contributed by atoms with van der Waals surface area (Å²) in [5, 5.41) is 5.10. The van der Waals surface area contributed by atoms with E-state index in [1.165, 1.54) is 12.1 Å². The molecule has 0 bridgehead atoms. The summed E-state index contributed by atoms with van der Waals surface area (Å²) < 4.78 is 43.3. The summed E-state index contributed by atoms with van der Waals surface area (Å²) in [4.78, 5) is 24.1. The van der Waals surface area contributed by atoms with Crippen LogP contribution >= 0.6 is 11.8 Å². The van der Waals surface area contributed by atoms with Gasteiger partial charge in [-0.1, -0.05) is 6.07 Å². The van der Waals surface area contributed by atoms with Crippen LogP contribution in [-0.4, -0.2) is 30.4 Å². The fourth-order valence-corrected chi connectivity index (χ4v) is 3.23. The zero-order valence-electron chi connectivity index (χ0n) is 13.6. The summed E-state index contributed by atoms with van der Waals surface area (Å²) in [5.74, 6) is -0.435. The second kappa shape index (κ2) is 7.81. The van der Waals surface area contributed by atoms with Crippen molar-refractivity contribution in [1.82, 2.24) is 10.6 Å². The predicted octanol–water partition coefficient (Wildman–Crippen LogP) is 3.32. The standard InChI is InChI=1S/C16H17F3N2O3S/c1-3-24-14(22)13-9(2)20-15(23)21-12(13)8-25-11-6-4-5-10(7-11)16(17,18)19/h4-7,9H,3,8H2,1-2H3,(H2,20,21,23)/t9-/m0/s1. The number of halogens is 3. The molecule has 0 aliphatic carbocycles. The first-order valence-electron chi connectivity index (χ1n) is 7.50. The van der Waals surface area contributed by atoms with Gasteiger partial charge < -0.3 is 15.4 Å². The maximum Gasteiger partial charge on any atom is 0.416 e. The maximum absolute atomic E-state index is 12.8. The van der Waals surface area contributed by atoms with E-state index in [9.17, 15) is 22.8 Å². The number of amides is 2. The predicted molar refractivity (Wildman–Crippen MR) is 87.0 cm³/mol. The highest BCUT2D eigenvalue weighted by Gasteiger charge is 2.31. The smallest absolute Gasteiger partial charge is 0.416 e. The number of carbonyl (C=O) groups is 2.